The summed E-state index contributed by atoms with van der Waals surface area (Å²) in [5, 5.41) is 0. The fourth-order valence-electron chi connectivity index (χ4n) is 1.37. The average molecular weight is 270 g/mol. The van der Waals surface area contributed by atoms with Gasteiger partial charge in [0.2, 0.25) is 0 Å². The Morgan fingerprint density at radius 2 is 1.35 bits per heavy atom. The van der Waals surface area contributed by atoms with Crippen LogP contribution in [-0.4, -0.2) is 5.78 Å². The molecule has 1 nitrogen and oxygen atoms in total. The van der Waals surface area contributed by atoms with Crippen LogP contribution in [0.15, 0.2) is 0 Å². The summed E-state index contributed by atoms with van der Waals surface area (Å²) in [7, 11) is 0. The van der Waals surface area contributed by atoms with Crippen molar-refractivity contribution in [1.29, 1.82) is 0 Å². The van der Waals surface area contributed by atoms with Gasteiger partial charge in [-0.15, -0.1) is 0 Å². The Balaban J connectivity index is 0.000000360. The van der Waals surface area contributed by atoms with Gasteiger partial charge in [0.1, 0.15) is 5.78 Å². The van der Waals surface area contributed by atoms with Gasteiger partial charge in [0.25, 0.3) is 0 Å². The second-order valence-corrected chi connectivity index (χ2v) is 4.16. The molecule has 90 valence electrons. The molecule has 2 heteroatoms. The Bertz CT molecular complexity index is 183. The molecule has 10 radical (unpaired) electrons. The molecule has 2 fully saturated rings. The van der Waals surface area contributed by atoms with Crippen LogP contribution < -0.4 is 0 Å². The van der Waals surface area contributed by atoms with E-state index in [1.807, 2.05) is 57.8 Å². The largest absolute Gasteiger partial charge is 2.00 e. The topological polar surface area (TPSA) is 17.1 Å². The average Bonchev–Trinajstić information content (AvgIpc) is 2.94. The monoisotopic (exact) mass is 270 g/mol. The molecule has 0 spiro atoms. The molecule has 2 rings (SSSR count). The van der Waals surface area contributed by atoms with Crippen molar-refractivity contribution in [3.05, 3.63) is 63.7 Å². The predicted molar refractivity (Wildman–Crippen MR) is 66.4 cm³/mol. The van der Waals surface area contributed by atoms with Gasteiger partial charge in [0.05, 0.1) is 0 Å². The van der Waals surface area contributed by atoms with E-state index in [0.29, 0.717) is 12.3 Å². The van der Waals surface area contributed by atoms with Crippen LogP contribution in [0.25, 0.3) is 0 Å². The number of hydrogen-bond acceptors (Lipinski definition) is 1. The summed E-state index contributed by atoms with van der Waals surface area (Å²) in [4.78, 5) is 11.3. The van der Waals surface area contributed by atoms with Gasteiger partial charge in [-0.25, -0.2) is 0 Å². The molecule has 17 heavy (non-hydrogen) atoms. The van der Waals surface area contributed by atoms with Crippen LogP contribution >= 0.6 is 0 Å². The fourth-order valence-corrected chi connectivity index (χ4v) is 1.37. The Kier molecular flexibility index (Phi) is 10.3. The van der Waals surface area contributed by atoms with E-state index < -0.39 is 0 Å². The first-order valence-corrected chi connectivity index (χ1v) is 5.61. The van der Waals surface area contributed by atoms with Crippen molar-refractivity contribution in [2.24, 2.45) is 5.92 Å². The summed E-state index contributed by atoms with van der Waals surface area (Å²) in [6.07, 6.45) is 18.2. The molecule has 0 N–H and O–H groups in total. The molecular weight excluding hydrogens is 252 g/mol. The number of rotatable bonds is 3. The van der Waals surface area contributed by atoms with E-state index in [0.717, 1.165) is 5.92 Å². The molecule has 0 aromatic heterocycles. The molecule has 0 heterocycles. The Hall–Kier alpha value is 0.189. The molecule has 0 aromatic carbocycles. The predicted octanol–water partition coefficient (Wildman–Crippen LogP) is 3.03. The van der Waals surface area contributed by atoms with Crippen LogP contribution in [0.2, 0.25) is 0 Å². The third-order valence-electron chi connectivity index (χ3n) is 2.13. The van der Waals surface area contributed by atoms with Crippen molar-refractivity contribution in [3.8, 4) is 0 Å². The van der Waals surface area contributed by atoms with Gasteiger partial charge in [-0.1, -0.05) is 13.8 Å². The molecule has 0 aromatic rings. The molecule has 2 aliphatic carbocycles. The minimum atomic E-state index is 0. The van der Waals surface area contributed by atoms with Crippen molar-refractivity contribution < 1.29 is 21.9 Å². The van der Waals surface area contributed by atoms with Crippen molar-refractivity contribution >= 4 is 5.78 Å². The molecule has 0 bridgehead atoms. The standard InChI is InChI=1S/C10H13O.C5H5.Fe/c1-8(2)7-10(11)9-5-3-4-6-9;1-2-4-5-3-1;/h3-6,8H,7H2,1-2H3;1-5H;/q;;+2. The van der Waals surface area contributed by atoms with Gasteiger partial charge >= 0.3 is 17.1 Å². The van der Waals surface area contributed by atoms with Gasteiger partial charge in [-0.2, -0.15) is 0 Å². The summed E-state index contributed by atoms with van der Waals surface area (Å²) < 4.78 is 0. The summed E-state index contributed by atoms with van der Waals surface area (Å²) in [5.41, 5.74) is 0. The van der Waals surface area contributed by atoms with E-state index in [2.05, 4.69) is 13.8 Å². The maximum atomic E-state index is 11.3. The maximum absolute atomic E-state index is 11.3. The van der Waals surface area contributed by atoms with Crippen LogP contribution in [0, 0.1) is 69.6 Å². The van der Waals surface area contributed by atoms with Crippen molar-refractivity contribution in [2.45, 2.75) is 20.3 Å². The zero-order valence-corrected chi connectivity index (χ0v) is 11.3. The Morgan fingerprint density at radius 3 is 1.71 bits per heavy atom. The summed E-state index contributed by atoms with van der Waals surface area (Å²) >= 11 is 0. The molecule has 2 aliphatic rings. The smallest absolute Gasteiger partial charge is 0.299 e. The number of ketones is 1. The Labute approximate surface area is 118 Å². The van der Waals surface area contributed by atoms with E-state index >= 15 is 0 Å². The molecule has 0 aliphatic heterocycles. The number of hydrogen-bond donors (Lipinski definition) is 0. The van der Waals surface area contributed by atoms with Crippen LogP contribution in [-0.2, 0) is 21.9 Å². The van der Waals surface area contributed by atoms with Crippen LogP contribution in [0.3, 0.4) is 0 Å². The van der Waals surface area contributed by atoms with E-state index in [4.69, 9.17) is 0 Å². The van der Waals surface area contributed by atoms with E-state index in [1.165, 1.54) is 0 Å². The minimum absolute atomic E-state index is 0. The third-order valence-corrected chi connectivity index (χ3v) is 2.13. The van der Waals surface area contributed by atoms with E-state index in [-0.39, 0.29) is 22.9 Å². The van der Waals surface area contributed by atoms with Crippen molar-refractivity contribution in [2.75, 3.05) is 0 Å². The van der Waals surface area contributed by atoms with Gasteiger partial charge in [0, 0.05) is 12.3 Å². The van der Waals surface area contributed by atoms with Gasteiger partial charge in [0.15, 0.2) is 0 Å². The van der Waals surface area contributed by atoms with Gasteiger partial charge < -0.3 is 0 Å². The van der Waals surface area contributed by atoms with Gasteiger partial charge in [-0.3, -0.25) is 4.79 Å². The second kappa shape index (κ2) is 10.1. The first-order chi connectivity index (χ1) is 7.70. The van der Waals surface area contributed by atoms with Gasteiger partial charge in [-0.05, 0) is 63.7 Å². The first-order valence-electron chi connectivity index (χ1n) is 5.61. The van der Waals surface area contributed by atoms with Crippen LogP contribution in [0.1, 0.15) is 20.3 Å². The maximum Gasteiger partial charge on any atom is 2.00 e. The first kappa shape index (κ1) is 17.2. The van der Waals surface area contributed by atoms with E-state index in [9.17, 15) is 4.79 Å². The van der Waals surface area contributed by atoms with Crippen LogP contribution in [0.5, 0.6) is 0 Å². The third kappa shape index (κ3) is 8.00. The number of Topliss-reactive ketones (excluding diaryl/α,β-unsaturated/α-hetero) is 1. The molecule has 0 unspecified atom stereocenters. The fraction of sp³-hybridized carbons (Fsp3) is 0.267. The van der Waals surface area contributed by atoms with Crippen molar-refractivity contribution in [3.63, 3.8) is 0 Å². The molecule has 0 atom stereocenters. The van der Waals surface area contributed by atoms with Crippen LogP contribution in [0.4, 0.5) is 0 Å². The molecular formula is C15H18FeO+2. The summed E-state index contributed by atoms with van der Waals surface area (Å²) in [5.74, 6) is 1.56. The molecule has 2 saturated carbocycles. The normalized spacial score (nSPS) is 19.7. The molecule has 0 amide bonds. The minimum Gasteiger partial charge on any atom is -0.299 e. The van der Waals surface area contributed by atoms with E-state index in [1.54, 1.807) is 0 Å². The molecule has 0 saturated heterocycles. The summed E-state index contributed by atoms with van der Waals surface area (Å²) in [6, 6.07) is 0. The zero-order chi connectivity index (χ0) is 11.8. The SMILES string of the molecule is CC(C)CC(=O)[C]1[CH][CH][CH][CH]1.[CH]1[CH][CH][CH][CH]1.[Fe+2]. The number of carbonyl (C=O) groups is 1. The summed E-state index contributed by atoms with van der Waals surface area (Å²) in [6.45, 7) is 4.11. The Morgan fingerprint density at radius 1 is 0.941 bits per heavy atom. The van der Waals surface area contributed by atoms with Crippen molar-refractivity contribution in [1.82, 2.24) is 0 Å². The second-order valence-electron chi connectivity index (χ2n) is 4.16. The number of carbonyl (C=O) groups excluding carboxylic acids is 1. The quantitative estimate of drug-likeness (QED) is 0.720. The zero-order valence-electron chi connectivity index (χ0n) is 10.2.